The maximum absolute atomic E-state index is 11.4. The third kappa shape index (κ3) is 3.12. The molecule has 0 aliphatic carbocycles. The van der Waals surface area contributed by atoms with Crippen LogP contribution in [0.5, 0.6) is 0 Å². The maximum atomic E-state index is 11.4. The van der Waals surface area contributed by atoms with E-state index >= 15 is 0 Å². The summed E-state index contributed by atoms with van der Waals surface area (Å²) in [7, 11) is 0. The van der Waals surface area contributed by atoms with Gasteiger partial charge in [-0.05, 0) is 18.4 Å². The number of ether oxygens (including phenoxy) is 1. The van der Waals surface area contributed by atoms with E-state index < -0.39 is 16.4 Å². The van der Waals surface area contributed by atoms with Gasteiger partial charge >= 0.3 is 5.97 Å². The molecule has 0 aromatic heterocycles. The molecular weight excluding hydrogens is 264 g/mol. The van der Waals surface area contributed by atoms with Crippen molar-refractivity contribution in [1.29, 1.82) is 0 Å². The van der Waals surface area contributed by atoms with Crippen LogP contribution in [0.25, 0.3) is 0 Å². The number of rotatable bonds is 5. The van der Waals surface area contributed by atoms with E-state index in [4.69, 9.17) is 4.74 Å². The summed E-state index contributed by atoms with van der Waals surface area (Å²) in [6.07, 6.45) is 0.824. The Balaban J connectivity index is 2.02. The SMILES string of the molecule is O=C(O)C1(NCc2ccc([N+](=O)[O-])cc2)CCOCC1. The first kappa shape index (κ1) is 14.4. The minimum absolute atomic E-state index is 0.0211. The van der Waals surface area contributed by atoms with Crippen molar-refractivity contribution >= 4 is 11.7 Å². The molecule has 7 heteroatoms. The molecule has 0 radical (unpaired) electrons. The number of aliphatic carboxylic acids is 1. The minimum atomic E-state index is -0.972. The number of carboxylic acid groups (broad SMARTS) is 1. The zero-order valence-electron chi connectivity index (χ0n) is 10.9. The number of nitro benzene ring substituents is 1. The zero-order valence-corrected chi connectivity index (χ0v) is 10.9. The molecule has 0 unspecified atom stereocenters. The van der Waals surface area contributed by atoms with E-state index in [2.05, 4.69) is 5.32 Å². The lowest BCUT2D eigenvalue weighted by atomic mass is 9.90. The molecule has 0 atom stereocenters. The summed E-state index contributed by atoms with van der Waals surface area (Å²) in [6, 6.07) is 6.07. The molecule has 108 valence electrons. The Morgan fingerprint density at radius 3 is 2.45 bits per heavy atom. The molecule has 0 saturated carbocycles. The van der Waals surface area contributed by atoms with Crippen LogP contribution in [-0.4, -0.2) is 34.8 Å². The number of hydrogen-bond donors (Lipinski definition) is 2. The molecule has 0 bridgehead atoms. The molecule has 1 aliphatic rings. The molecule has 1 heterocycles. The number of hydrogen-bond acceptors (Lipinski definition) is 5. The number of carbonyl (C=O) groups is 1. The number of nitrogens with zero attached hydrogens (tertiary/aromatic N) is 1. The Morgan fingerprint density at radius 2 is 1.95 bits per heavy atom. The van der Waals surface area contributed by atoms with Crippen molar-refractivity contribution in [2.24, 2.45) is 0 Å². The monoisotopic (exact) mass is 280 g/mol. The topological polar surface area (TPSA) is 102 Å². The largest absolute Gasteiger partial charge is 0.480 e. The van der Waals surface area contributed by atoms with E-state index in [9.17, 15) is 20.0 Å². The second kappa shape index (κ2) is 5.98. The average molecular weight is 280 g/mol. The Morgan fingerprint density at radius 1 is 1.35 bits per heavy atom. The molecule has 0 amide bonds. The maximum Gasteiger partial charge on any atom is 0.324 e. The number of carboxylic acids is 1. The third-order valence-electron chi connectivity index (χ3n) is 3.53. The summed E-state index contributed by atoms with van der Waals surface area (Å²) in [6.45, 7) is 1.18. The standard InChI is InChI=1S/C13H16N2O5/c16-12(17)13(5-7-20-8-6-13)14-9-10-1-3-11(4-2-10)15(18)19/h1-4,14H,5-9H2,(H,16,17). The molecular formula is C13H16N2O5. The van der Waals surface area contributed by atoms with E-state index in [1.807, 2.05) is 0 Å². The van der Waals surface area contributed by atoms with Crippen molar-refractivity contribution in [1.82, 2.24) is 5.32 Å². The van der Waals surface area contributed by atoms with Crippen molar-refractivity contribution in [3.05, 3.63) is 39.9 Å². The lowest BCUT2D eigenvalue weighted by Gasteiger charge is -2.34. The zero-order chi connectivity index (χ0) is 14.6. The van der Waals surface area contributed by atoms with Crippen LogP contribution in [0, 0.1) is 10.1 Å². The van der Waals surface area contributed by atoms with E-state index in [0.717, 1.165) is 5.56 Å². The second-order valence-corrected chi connectivity index (χ2v) is 4.78. The first-order valence-electron chi connectivity index (χ1n) is 6.33. The summed E-state index contributed by atoms with van der Waals surface area (Å²) in [5.74, 6) is -0.886. The number of benzene rings is 1. The van der Waals surface area contributed by atoms with Gasteiger partial charge in [-0.1, -0.05) is 12.1 Å². The molecule has 1 aliphatic heterocycles. The van der Waals surface area contributed by atoms with Gasteiger partial charge in [-0.2, -0.15) is 0 Å². The lowest BCUT2D eigenvalue weighted by Crippen LogP contribution is -2.55. The van der Waals surface area contributed by atoms with Gasteiger partial charge in [0.05, 0.1) is 4.92 Å². The predicted molar refractivity (Wildman–Crippen MR) is 70.4 cm³/mol. The van der Waals surface area contributed by atoms with Gasteiger partial charge < -0.3 is 9.84 Å². The van der Waals surface area contributed by atoms with E-state index in [1.54, 1.807) is 12.1 Å². The molecule has 0 spiro atoms. The van der Waals surface area contributed by atoms with Gasteiger partial charge in [0, 0.05) is 31.9 Å². The Bertz CT molecular complexity index is 494. The van der Waals surface area contributed by atoms with Gasteiger partial charge in [-0.3, -0.25) is 20.2 Å². The number of non-ortho nitro benzene ring substituents is 1. The van der Waals surface area contributed by atoms with Crippen LogP contribution < -0.4 is 5.32 Å². The van der Waals surface area contributed by atoms with Crippen molar-refractivity contribution in [3.8, 4) is 0 Å². The van der Waals surface area contributed by atoms with E-state index in [0.29, 0.717) is 32.6 Å². The first-order valence-corrected chi connectivity index (χ1v) is 6.33. The van der Waals surface area contributed by atoms with Crippen LogP contribution in [0.2, 0.25) is 0 Å². The molecule has 1 aromatic carbocycles. The highest BCUT2D eigenvalue weighted by Gasteiger charge is 2.39. The first-order chi connectivity index (χ1) is 9.53. The average Bonchev–Trinajstić information content (AvgIpc) is 2.46. The summed E-state index contributed by atoms with van der Waals surface area (Å²) in [4.78, 5) is 21.5. The Hall–Kier alpha value is -1.99. The summed E-state index contributed by atoms with van der Waals surface area (Å²) in [5, 5.41) is 23.0. The molecule has 20 heavy (non-hydrogen) atoms. The normalized spacial score (nSPS) is 17.6. The van der Waals surface area contributed by atoms with Crippen LogP contribution in [0.4, 0.5) is 5.69 Å². The van der Waals surface area contributed by atoms with Crippen molar-refractivity contribution < 1.29 is 19.6 Å². The summed E-state index contributed by atoms with van der Waals surface area (Å²) < 4.78 is 5.19. The van der Waals surface area contributed by atoms with Crippen LogP contribution in [0.3, 0.4) is 0 Å². The van der Waals surface area contributed by atoms with Crippen LogP contribution in [-0.2, 0) is 16.1 Å². The fourth-order valence-corrected chi connectivity index (χ4v) is 2.19. The fraction of sp³-hybridized carbons (Fsp3) is 0.462. The van der Waals surface area contributed by atoms with Gasteiger partial charge in [0.2, 0.25) is 0 Å². The predicted octanol–water partition coefficient (Wildman–Crippen LogP) is 1.32. The molecule has 1 saturated heterocycles. The molecule has 7 nitrogen and oxygen atoms in total. The lowest BCUT2D eigenvalue weighted by molar-refractivity contribution is -0.384. The third-order valence-corrected chi connectivity index (χ3v) is 3.53. The van der Waals surface area contributed by atoms with E-state index in [1.165, 1.54) is 12.1 Å². The van der Waals surface area contributed by atoms with Crippen LogP contribution in [0.1, 0.15) is 18.4 Å². The van der Waals surface area contributed by atoms with Gasteiger partial charge in [-0.15, -0.1) is 0 Å². The van der Waals surface area contributed by atoms with Crippen molar-refractivity contribution in [3.63, 3.8) is 0 Å². The molecule has 1 fully saturated rings. The summed E-state index contributed by atoms with van der Waals surface area (Å²) in [5.41, 5.74) is -0.143. The molecule has 2 rings (SSSR count). The number of nitro groups is 1. The van der Waals surface area contributed by atoms with Gasteiger partial charge in [0.1, 0.15) is 5.54 Å². The van der Waals surface area contributed by atoms with E-state index in [-0.39, 0.29) is 5.69 Å². The van der Waals surface area contributed by atoms with Gasteiger partial charge in [-0.25, -0.2) is 0 Å². The minimum Gasteiger partial charge on any atom is -0.480 e. The van der Waals surface area contributed by atoms with Crippen LogP contribution >= 0.6 is 0 Å². The van der Waals surface area contributed by atoms with Crippen molar-refractivity contribution in [2.45, 2.75) is 24.9 Å². The van der Waals surface area contributed by atoms with Crippen LogP contribution in [0.15, 0.2) is 24.3 Å². The Kier molecular flexibility index (Phi) is 4.31. The summed E-state index contributed by atoms with van der Waals surface area (Å²) >= 11 is 0. The Labute approximate surface area is 115 Å². The highest BCUT2D eigenvalue weighted by Crippen LogP contribution is 2.22. The molecule has 2 N–H and O–H groups in total. The smallest absolute Gasteiger partial charge is 0.324 e. The number of nitrogens with one attached hydrogen (secondary N) is 1. The van der Waals surface area contributed by atoms with Gasteiger partial charge in [0.15, 0.2) is 0 Å². The molecule has 1 aromatic rings. The highest BCUT2D eigenvalue weighted by molar-refractivity contribution is 5.78. The highest BCUT2D eigenvalue weighted by atomic mass is 16.6. The van der Waals surface area contributed by atoms with Gasteiger partial charge in [0.25, 0.3) is 5.69 Å². The fourth-order valence-electron chi connectivity index (χ4n) is 2.19. The quantitative estimate of drug-likeness (QED) is 0.623. The van der Waals surface area contributed by atoms with Crippen molar-refractivity contribution in [2.75, 3.05) is 13.2 Å². The second-order valence-electron chi connectivity index (χ2n) is 4.78.